The summed E-state index contributed by atoms with van der Waals surface area (Å²) >= 11 is 0.894. The number of rotatable bonds is 3. The molecule has 0 aliphatic carbocycles. The van der Waals surface area contributed by atoms with Crippen molar-refractivity contribution in [2.45, 2.75) is 10.1 Å². The third-order valence-electron chi connectivity index (χ3n) is 1.88. The highest BCUT2D eigenvalue weighted by atomic mass is 32.2. The van der Waals surface area contributed by atoms with Gasteiger partial charge in [0.05, 0.1) is 10.5 Å². The van der Waals surface area contributed by atoms with Gasteiger partial charge in [-0.25, -0.2) is 18.7 Å². The van der Waals surface area contributed by atoms with Crippen molar-refractivity contribution in [2.75, 3.05) is 0 Å². The summed E-state index contributed by atoms with van der Waals surface area (Å²) in [5, 5.41) is 0.250. The summed E-state index contributed by atoms with van der Waals surface area (Å²) < 4.78 is 26.2. The zero-order valence-corrected chi connectivity index (χ0v) is 9.25. The number of carbonyl (C=O) groups is 1. The summed E-state index contributed by atoms with van der Waals surface area (Å²) in [7, 11) is 0. The van der Waals surface area contributed by atoms with E-state index >= 15 is 0 Å². The standard InChI is InChI=1S/C11H6F2N2OS/c12-8-1-2-9(13)10(3-8)17-11-14-4-7(6-16)5-15-11/h1-6H. The molecule has 0 amide bonds. The maximum Gasteiger partial charge on any atom is 0.192 e. The van der Waals surface area contributed by atoms with Crippen LogP contribution in [0, 0.1) is 11.6 Å². The Hall–Kier alpha value is -1.82. The quantitative estimate of drug-likeness (QED) is 0.622. The van der Waals surface area contributed by atoms with Gasteiger partial charge in [-0.1, -0.05) is 0 Å². The average molecular weight is 252 g/mol. The second-order valence-electron chi connectivity index (χ2n) is 3.09. The van der Waals surface area contributed by atoms with E-state index in [-0.39, 0.29) is 10.1 Å². The monoisotopic (exact) mass is 252 g/mol. The number of carbonyl (C=O) groups excluding carboxylic acids is 1. The van der Waals surface area contributed by atoms with E-state index < -0.39 is 11.6 Å². The SMILES string of the molecule is O=Cc1cnc(Sc2cc(F)ccc2F)nc1. The van der Waals surface area contributed by atoms with Crippen LogP contribution < -0.4 is 0 Å². The molecule has 0 fully saturated rings. The largest absolute Gasteiger partial charge is 0.298 e. The molecule has 0 saturated carbocycles. The van der Waals surface area contributed by atoms with Crippen molar-refractivity contribution in [3.63, 3.8) is 0 Å². The lowest BCUT2D eigenvalue weighted by molar-refractivity contribution is 0.112. The third kappa shape index (κ3) is 2.85. The molecule has 2 rings (SSSR count). The zero-order chi connectivity index (χ0) is 12.3. The summed E-state index contributed by atoms with van der Waals surface area (Å²) in [6.45, 7) is 0. The number of hydrogen-bond donors (Lipinski definition) is 0. The predicted octanol–water partition coefficient (Wildman–Crippen LogP) is 2.72. The minimum Gasteiger partial charge on any atom is -0.298 e. The van der Waals surface area contributed by atoms with Crippen LogP contribution in [0.2, 0.25) is 0 Å². The van der Waals surface area contributed by atoms with Crippen LogP contribution in [0.1, 0.15) is 10.4 Å². The number of aromatic nitrogens is 2. The fourth-order valence-electron chi connectivity index (χ4n) is 1.09. The van der Waals surface area contributed by atoms with Crippen molar-refractivity contribution in [3.05, 3.63) is 47.8 Å². The fourth-order valence-corrected chi connectivity index (χ4v) is 1.84. The van der Waals surface area contributed by atoms with Gasteiger partial charge in [0.25, 0.3) is 0 Å². The first-order valence-electron chi connectivity index (χ1n) is 4.59. The van der Waals surface area contributed by atoms with E-state index in [9.17, 15) is 13.6 Å². The van der Waals surface area contributed by atoms with Gasteiger partial charge < -0.3 is 0 Å². The van der Waals surface area contributed by atoms with Gasteiger partial charge in [-0.3, -0.25) is 4.79 Å². The maximum absolute atomic E-state index is 13.3. The molecule has 0 N–H and O–H groups in total. The van der Waals surface area contributed by atoms with Gasteiger partial charge in [0.15, 0.2) is 11.4 Å². The number of hydrogen-bond acceptors (Lipinski definition) is 4. The molecule has 0 bridgehead atoms. The first-order chi connectivity index (χ1) is 8.19. The zero-order valence-electron chi connectivity index (χ0n) is 8.43. The Kier molecular flexibility index (Phi) is 3.43. The van der Waals surface area contributed by atoms with E-state index in [1.54, 1.807) is 0 Å². The van der Waals surface area contributed by atoms with E-state index in [1.165, 1.54) is 12.4 Å². The molecule has 1 heterocycles. The Morgan fingerprint density at radius 3 is 2.53 bits per heavy atom. The van der Waals surface area contributed by atoms with Crippen molar-refractivity contribution in [1.29, 1.82) is 0 Å². The smallest absolute Gasteiger partial charge is 0.192 e. The second-order valence-corrected chi connectivity index (χ2v) is 4.10. The number of halogens is 2. The molecule has 0 spiro atoms. The summed E-state index contributed by atoms with van der Waals surface area (Å²) in [6, 6.07) is 3.14. The van der Waals surface area contributed by atoms with Gasteiger partial charge >= 0.3 is 0 Å². The molecule has 6 heteroatoms. The summed E-state index contributed by atoms with van der Waals surface area (Å²) in [5.41, 5.74) is 0.328. The molecule has 0 radical (unpaired) electrons. The van der Waals surface area contributed by atoms with Crippen molar-refractivity contribution in [1.82, 2.24) is 9.97 Å². The fraction of sp³-hybridized carbons (Fsp3) is 0. The molecule has 1 aromatic carbocycles. The first kappa shape index (κ1) is 11.7. The van der Waals surface area contributed by atoms with Gasteiger partial charge in [-0.15, -0.1) is 0 Å². The average Bonchev–Trinajstić information content (AvgIpc) is 2.35. The first-order valence-corrected chi connectivity index (χ1v) is 5.41. The lowest BCUT2D eigenvalue weighted by atomic mass is 10.3. The number of benzene rings is 1. The van der Waals surface area contributed by atoms with Crippen LogP contribution in [-0.4, -0.2) is 16.3 Å². The van der Waals surface area contributed by atoms with Crippen molar-refractivity contribution in [3.8, 4) is 0 Å². The highest BCUT2D eigenvalue weighted by Gasteiger charge is 2.07. The Labute approximate surface area is 99.9 Å². The molecule has 0 aliphatic rings. The van der Waals surface area contributed by atoms with Crippen molar-refractivity contribution in [2.24, 2.45) is 0 Å². The maximum atomic E-state index is 13.3. The number of nitrogens with zero attached hydrogens (tertiary/aromatic N) is 2. The van der Waals surface area contributed by atoms with Gasteiger partial charge in [0, 0.05) is 12.4 Å². The molecular formula is C11H6F2N2OS. The van der Waals surface area contributed by atoms with Gasteiger partial charge in [-0.05, 0) is 30.0 Å². The molecule has 0 unspecified atom stereocenters. The molecule has 86 valence electrons. The second kappa shape index (κ2) is 5.01. The summed E-state index contributed by atoms with van der Waals surface area (Å²) in [4.78, 5) is 18.2. The minimum atomic E-state index is -0.542. The highest BCUT2D eigenvalue weighted by Crippen LogP contribution is 2.27. The molecule has 2 aromatic rings. The van der Waals surface area contributed by atoms with E-state index in [0.29, 0.717) is 11.8 Å². The van der Waals surface area contributed by atoms with Crippen LogP contribution in [0.4, 0.5) is 8.78 Å². The Morgan fingerprint density at radius 1 is 1.18 bits per heavy atom. The summed E-state index contributed by atoms with van der Waals surface area (Å²) in [6.07, 6.45) is 3.25. The van der Waals surface area contributed by atoms with Gasteiger partial charge in [0.2, 0.25) is 0 Å². The normalized spacial score (nSPS) is 10.2. The minimum absolute atomic E-state index is 0.101. The van der Waals surface area contributed by atoms with E-state index in [4.69, 9.17) is 0 Å². The molecule has 3 nitrogen and oxygen atoms in total. The Morgan fingerprint density at radius 2 is 1.88 bits per heavy atom. The van der Waals surface area contributed by atoms with Crippen LogP contribution in [-0.2, 0) is 0 Å². The van der Waals surface area contributed by atoms with Crippen LogP contribution in [0.15, 0.2) is 40.6 Å². The molecule has 17 heavy (non-hydrogen) atoms. The lowest BCUT2D eigenvalue weighted by Crippen LogP contribution is -1.90. The van der Waals surface area contributed by atoms with Gasteiger partial charge in [0.1, 0.15) is 11.6 Å². The molecule has 1 aromatic heterocycles. The van der Waals surface area contributed by atoms with E-state index in [1.807, 2.05) is 0 Å². The highest BCUT2D eigenvalue weighted by molar-refractivity contribution is 7.99. The molecular weight excluding hydrogens is 246 g/mol. The number of aldehydes is 1. The third-order valence-corrected chi connectivity index (χ3v) is 2.80. The van der Waals surface area contributed by atoms with Gasteiger partial charge in [-0.2, -0.15) is 0 Å². The van der Waals surface area contributed by atoms with Crippen molar-refractivity contribution >= 4 is 18.0 Å². The van der Waals surface area contributed by atoms with Crippen LogP contribution in [0.5, 0.6) is 0 Å². The molecule has 0 saturated heterocycles. The summed E-state index contributed by atoms with van der Waals surface area (Å²) in [5.74, 6) is -1.07. The lowest BCUT2D eigenvalue weighted by Gasteiger charge is -2.01. The van der Waals surface area contributed by atoms with E-state index in [2.05, 4.69) is 9.97 Å². The predicted molar refractivity (Wildman–Crippen MR) is 57.9 cm³/mol. The van der Waals surface area contributed by atoms with E-state index in [0.717, 1.165) is 30.0 Å². The Bertz CT molecular complexity index is 546. The molecule has 0 aliphatic heterocycles. The van der Waals surface area contributed by atoms with Crippen LogP contribution in [0.25, 0.3) is 0 Å². The molecule has 0 atom stereocenters. The Balaban J connectivity index is 2.24. The van der Waals surface area contributed by atoms with Crippen LogP contribution >= 0.6 is 11.8 Å². The van der Waals surface area contributed by atoms with Crippen molar-refractivity contribution < 1.29 is 13.6 Å². The van der Waals surface area contributed by atoms with Crippen LogP contribution in [0.3, 0.4) is 0 Å². The topological polar surface area (TPSA) is 42.9 Å².